The number of nitriles is 1. The maximum atomic E-state index is 13.1. The summed E-state index contributed by atoms with van der Waals surface area (Å²) in [6, 6.07) is 7.33. The topological polar surface area (TPSA) is 117 Å². The van der Waals surface area contributed by atoms with Gasteiger partial charge in [0.2, 0.25) is 5.91 Å². The van der Waals surface area contributed by atoms with Crippen molar-refractivity contribution < 1.29 is 22.8 Å². The lowest BCUT2D eigenvalue weighted by atomic mass is 9.84. The van der Waals surface area contributed by atoms with Gasteiger partial charge in [0, 0.05) is 31.7 Å². The van der Waals surface area contributed by atoms with Crippen molar-refractivity contribution >= 4 is 23.2 Å². The number of allylic oxidation sites excluding steroid dienone is 3. The number of primary amides is 1. The zero-order valence-corrected chi connectivity index (χ0v) is 22.9. The van der Waals surface area contributed by atoms with Gasteiger partial charge in [-0.15, -0.1) is 0 Å². The molecule has 4 rings (SSSR count). The van der Waals surface area contributed by atoms with Gasteiger partial charge in [0.15, 0.2) is 5.82 Å². The quantitative estimate of drug-likeness (QED) is 0.380. The predicted molar refractivity (Wildman–Crippen MR) is 149 cm³/mol. The van der Waals surface area contributed by atoms with E-state index in [0.29, 0.717) is 43.6 Å². The Hall–Kier alpha value is -4.17. The highest BCUT2D eigenvalue weighted by atomic mass is 19.4. The third-order valence-corrected chi connectivity index (χ3v) is 7.69. The molecular formula is C30H33F3N6O2. The minimum absolute atomic E-state index is 0.0747. The number of carbonyl (C=O) groups is 2. The van der Waals surface area contributed by atoms with Crippen molar-refractivity contribution in [1.82, 2.24) is 14.7 Å². The van der Waals surface area contributed by atoms with E-state index in [1.807, 2.05) is 19.1 Å². The Balaban J connectivity index is 1.42. The summed E-state index contributed by atoms with van der Waals surface area (Å²) >= 11 is 0. The third-order valence-electron chi connectivity index (χ3n) is 7.69. The van der Waals surface area contributed by atoms with E-state index in [2.05, 4.69) is 28.0 Å². The van der Waals surface area contributed by atoms with E-state index in [0.717, 1.165) is 30.5 Å². The number of carbonyl (C=O) groups excluding carboxylic acids is 2. The Morgan fingerprint density at radius 2 is 1.98 bits per heavy atom. The molecule has 0 spiro atoms. The summed E-state index contributed by atoms with van der Waals surface area (Å²) in [5.41, 5.74) is 6.12. The molecule has 0 unspecified atom stereocenters. The summed E-state index contributed by atoms with van der Waals surface area (Å²) < 4.78 is 40.9. The second kappa shape index (κ2) is 12.1. The zero-order valence-electron chi connectivity index (χ0n) is 22.9. The standard InChI is InChI=1S/C30H33F3N6O2/c1-3-21(8-7-20(2)23-5-4-6-24(17-23)30(31,32)33)18-38-15-12-29(11-14-34,13-16-38)39-19-25(26(35)40)27(37-39)36-28(41)22-9-10-22/h3-8,17,19,22H,2,9-13,15-16,18H2,1H3,(H2,35,40)(H,36,37,41)/b8-7-,21-3+. The van der Waals surface area contributed by atoms with Gasteiger partial charge < -0.3 is 11.1 Å². The van der Waals surface area contributed by atoms with E-state index in [1.54, 1.807) is 16.8 Å². The SMILES string of the molecule is C=C(/C=C\C(=C/C)CN1CCC(CC#N)(n2cc(C(N)=O)c(NC(=O)C3CC3)n2)CC1)c1cccc(C(F)(F)F)c1. The number of piperidine rings is 1. The highest BCUT2D eigenvalue weighted by Crippen LogP contribution is 2.36. The summed E-state index contributed by atoms with van der Waals surface area (Å²) in [5, 5.41) is 16.9. The van der Waals surface area contributed by atoms with Crippen LogP contribution in [0.25, 0.3) is 5.57 Å². The first kappa shape index (κ1) is 29.8. The number of anilines is 1. The maximum Gasteiger partial charge on any atom is 0.416 e. The number of rotatable bonds is 10. The van der Waals surface area contributed by atoms with Crippen LogP contribution < -0.4 is 11.1 Å². The molecule has 1 aliphatic heterocycles. The molecule has 1 saturated carbocycles. The van der Waals surface area contributed by atoms with Crippen molar-refractivity contribution in [3.8, 4) is 6.07 Å². The number of alkyl halides is 3. The molecule has 1 saturated heterocycles. The van der Waals surface area contributed by atoms with Crippen LogP contribution in [0.15, 0.2) is 60.8 Å². The van der Waals surface area contributed by atoms with Crippen molar-refractivity contribution in [2.45, 2.75) is 50.7 Å². The number of halogens is 3. The number of nitrogens with zero attached hydrogens (tertiary/aromatic N) is 4. The number of amides is 2. The van der Waals surface area contributed by atoms with Gasteiger partial charge >= 0.3 is 6.18 Å². The monoisotopic (exact) mass is 566 g/mol. The van der Waals surface area contributed by atoms with Gasteiger partial charge in [-0.1, -0.05) is 36.9 Å². The number of hydrogen-bond acceptors (Lipinski definition) is 5. The molecule has 11 heteroatoms. The molecule has 0 bridgehead atoms. The van der Waals surface area contributed by atoms with Gasteiger partial charge in [-0.25, -0.2) is 0 Å². The van der Waals surface area contributed by atoms with Gasteiger partial charge in [0.25, 0.3) is 5.91 Å². The van der Waals surface area contributed by atoms with E-state index in [-0.39, 0.29) is 29.6 Å². The Labute approximate surface area is 237 Å². The van der Waals surface area contributed by atoms with E-state index in [4.69, 9.17) is 5.73 Å². The van der Waals surface area contributed by atoms with Gasteiger partial charge in [-0.3, -0.25) is 19.2 Å². The summed E-state index contributed by atoms with van der Waals surface area (Å²) in [7, 11) is 0. The molecule has 2 aliphatic rings. The number of hydrogen-bond donors (Lipinski definition) is 2. The molecule has 1 aliphatic carbocycles. The lowest BCUT2D eigenvalue weighted by Crippen LogP contribution is -2.46. The van der Waals surface area contributed by atoms with Gasteiger partial charge in [0.05, 0.1) is 23.6 Å². The Morgan fingerprint density at radius 3 is 2.56 bits per heavy atom. The number of aromatic nitrogens is 2. The Bertz CT molecular complexity index is 1420. The fraction of sp³-hybridized carbons (Fsp3) is 0.400. The molecule has 2 amide bonds. The molecule has 3 N–H and O–H groups in total. The molecule has 1 aromatic carbocycles. The fourth-order valence-electron chi connectivity index (χ4n) is 4.91. The molecule has 1 aromatic heterocycles. The third kappa shape index (κ3) is 7.13. The van der Waals surface area contributed by atoms with Gasteiger partial charge in [-0.05, 0) is 61.4 Å². The van der Waals surface area contributed by atoms with Crippen LogP contribution in [0.2, 0.25) is 0 Å². The number of benzene rings is 1. The second-order valence-electron chi connectivity index (χ2n) is 10.6. The zero-order chi connectivity index (χ0) is 29.8. The molecule has 8 nitrogen and oxygen atoms in total. The normalized spacial score (nSPS) is 17.8. The molecule has 2 aromatic rings. The first-order chi connectivity index (χ1) is 19.5. The average molecular weight is 567 g/mol. The second-order valence-corrected chi connectivity index (χ2v) is 10.6. The van der Waals surface area contributed by atoms with Crippen LogP contribution >= 0.6 is 0 Å². The van der Waals surface area contributed by atoms with Crippen LogP contribution in [-0.4, -0.2) is 46.1 Å². The Morgan fingerprint density at radius 1 is 1.27 bits per heavy atom. The van der Waals surface area contributed by atoms with Gasteiger partial charge in [-0.2, -0.15) is 23.5 Å². The van der Waals surface area contributed by atoms with Crippen molar-refractivity contribution in [3.63, 3.8) is 0 Å². The van der Waals surface area contributed by atoms with Crippen molar-refractivity contribution in [3.05, 3.63) is 77.5 Å². The smallest absolute Gasteiger partial charge is 0.365 e. The van der Waals surface area contributed by atoms with E-state index >= 15 is 0 Å². The molecule has 2 heterocycles. The molecule has 0 atom stereocenters. The number of nitrogens with two attached hydrogens (primary N) is 1. The van der Waals surface area contributed by atoms with Crippen LogP contribution in [0.4, 0.5) is 19.0 Å². The number of likely N-dealkylation sites (tertiary alicyclic amines) is 1. The molecule has 216 valence electrons. The van der Waals surface area contributed by atoms with E-state index in [1.165, 1.54) is 12.3 Å². The molecule has 2 fully saturated rings. The van der Waals surface area contributed by atoms with Crippen molar-refractivity contribution in [2.75, 3.05) is 25.0 Å². The van der Waals surface area contributed by atoms with Crippen molar-refractivity contribution in [1.29, 1.82) is 5.26 Å². The molecule has 0 radical (unpaired) electrons. The maximum absolute atomic E-state index is 13.1. The van der Waals surface area contributed by atoms with Crippen LogP contribution in [0, 0.1) is 17.2 Å². The Kier molecular flexibility index (Phi) is 8.83. The van der Waals surface area contributed by atoms with Gasteiger partial charge in [0.1, 0.15) is 5.56 Å². The summed E-state index contributed by atoms with van der Waals surface area (Å²) in [5.74, 6) is -0.849. The lowest BCUT2D eigenvalue weighted by molar-refractivity contribution is -0.137. The predicted octanol–water partition coefficient (Wildman–Crippen LogP) is 5.27. The molecular weight excluding hydrogens is 533 g/mol. The minimum atomic E-state index is -4.42. The first-order valence-corrected chi connectivity index (χ1v) is 13.5. The number of nitrogens with one attached hydrogen (secondary N) is 1. The summed E-state index contributed by atoms with van der Waals surface area (Å²) in [6.45, 7) is 7.69. The van der Waals surface area contributed by atoms with Crippen LogP contribution in [0.1, 0.15) is 60.5 Å². The minimum Gasteiger partial charge on any atom is -0.365 e. The highest BCUT2D eigenvalue weighted by molar-refractivity contribution is 6.02. The van der Waals surface area contributed by atoms with Crippen molar-refractivity contribution in [2.24, 2.45) is 11.7 Å². The summed E-state index contributed by atoms with van der Waals surface area (Å²) in [4.78, 5) is 26.6. The molecule has 41 heavy (non-hydrogen) atoms. The van der Waals surface area contributed by atoms with Crippen LogP contribution in [-0.2, 0) is 16.5 Å². The first-order valence-electron chi connectivity index (χ1n) is 13.5. The largest absolute Gasteiger partial charge is 0.416 e. The lowest BCUT2D eigenvalue weighted by Gasteiger charge is -2.41. The summed E-state index contributed by atoms with van der Waals surface area (Å²) in [6.07, 6.45) is 5.53. The highest BCUT2D eigenvalue weighted by Gasteiger charge is 2.39. The van der Waals surface area contributed by atoms with E-state index in [9.17, 15) is 28.0 Å². The van der Waals surface area contributed by atoms with Crippen LogP contribution in [0.3, 0.4) is 0 Å². The fourth-order valence-corrected chi connectivity index (χ4v) is 4.91. The van der Waals surface area contributed by atoms with Crippen LogP contribution in [0.5, 0.6) is 0 Å². The van der Waals surface area contributed by atoms with E-state index < -0.39 is 23.2 Å². The average Bonchev–Trinajstić information content (AvgIpc) is 3.71.